The van der Waals surface area contributed by atoms with E-state index in [1.165, 1.54) is 32.2 Å². The summed E-state index contributed by atoms with van der Waals surface area (Å²) < 4.78 is 0. The summed E-state index contributed by atoms with van der Waals surface area (Å²) in [6.07, 6.45) is 5.29. The fraction of sp³-hybridized carbons (Fsp3) is 1.00. The minimum absolute atomic E-state index is 0.764. The molecule has 1 rings (SSSR count). The van der Waals surface area contributed by atoms with Gasteiger partial charge >= 0.3 is 0 Å². The first kappa shape index (κ1) is 8.97. The summed E-state index contributed by atoms with van der Waals surface area (Å²) in [5.74, 6) is 5.22. The molecule has 0 amide bonds. The lowest BCUT2D eigenvalue weighted by Gasteiger charge is -2.32. The van der Waals surface area contributed by atoms with E-state index >= 15 is 0 Å². The maximum Gasteiger partial charge on any atom is 0.0112 e. The van der Waals surface area contributed by atoms with Crippen molar-refractivity contribution in [3.63, 3.8) is 0 Å². The van der Waals surface area contributed by atoms with Gasteiger partial charge in [-0.15, -0.1) is 0 Å². The zero-order chi connectivity index (χ0) is 8.10. The summed E-state index contributed by atoms with van der Waals surface area (Å²) in [5.41, 5.74) is 2.71. The van der Waals surface area contributed by atoms with Crippen LogP contribution >= 0.6 is 0 Å². The van der Waals surface area contributed by atoms with Gasteiger partial charge in [0.2, 0.25) is 0 Å². The summed E-state index contributed by atoms with van der Waals surface area (Å²) in [4.78, 5) is 2.45. The molecule has 0 bridgehead atoms. The van der Waals surface area contributed by atoms with Crippen LogP contribution in [-0.2, 0) is 0 Å². The van der Waals surface area contributed by atoms with E-state index < -0.39 is 0 Å². The summed E-state index contributed by atoms with van der Waals surface area (Å²) in [6, 6.07) is 0.764. The van der Waals surface area contributed by atoms with Crippen LogP contribution in [0.15, 0.2) is 0 Å². The highest BCUT2D eigenvalue weighted by atomic mass is 15.2. The highest BCUT2D eigenvalue weighted by Crippen LogP contribution is 2.16. The molecule has 1 aliphatic rings. The second-order valence-electron chi connectivity index (χ2n) is 3.37. The fourth-order valence-electron chi connectivity index (χ4n) is 1.76. The van der Waals surface area contributed by atoms with Crippen LogP contribution in [0, 0.1) is 0 Å². The molecule has 0 aromatic rings. The molecule has 3 N–H and O–H groups in total. The maximum atomic E-state index is 5.22. The van der Waals surface area contributed by atoms with Gasteiger partial charge in [0, 0.05) is 12.6 Å². The predicted molar refractivity (Wildman–Crippen MR) is 47.1 cm³/mol. The molecule has 0 aliphatic carbocycles. The van der Waals surface area contributed by atoms with Crippen LogP contribution < -0.4 is 11.3 Å². The van der Waals surface area contributed by atoms with Crippen LogP contribution in [0.4, 0.5) is 0 Å². The Hall–Kier alpha value is -0.120. The van der Waals surface area contributed by atoms with E-state index in [1.807, 2.05) is 0 Å². The lowest BCUT2D eigenvalue weighted by Crippen LogP contribution is -2.39. The number of piperidine rings is 1. The van der Waals surface area contributed by atoms with E-state index in [2.05, 4.69) is 17.4 Å². The van der Waals surface area contributed by atoms with Gasteiger partial charge in [0.25, 0.3) is 0 Å². The smallest absolute Gasteiger partial charge is 0.0112 e. The molecule has 0 radical (unpaired) electrons. The predicted octanol–water partition coefficient (Wildman–Crippen LogP) is 0.324. The van der Waals surface area contributed by atoms with E-state index in [0.717, 1.165) is 12.6 Å². The molecule has 3 heteroatoms. The molecule has 1 unspecified atom stereocenters. The number of hydrazine groups is 1. The van der Waals surface area contributed by atoms with Crippen molar-refractivity contribution in [3.8, 4) is 0 Å². The van der Waals surface area contributed by atoms with Crippen molar-refractivity contribution in [1.82, 2.24) is 10.3 Å². The Balaban J connectivity index is 2.18. The van der Waals surface area contributed by atoms with E-state index in [1.54, 1.807) is 0 Å². The quantitative estimate of drug-likeness (QED) is 0.458. The average Bonchev–Trinajstić information content (AvgIpc) is 2.03. The fourth-order valence-corrected chi connectivity index (χ4v) is 1.76. The minimum atomic E-state index is 0.764. The topological polar surface area (TPSA) is 41.3 Å². The number of nitrogens with zero attached hydrogens (tertiary/aromatic N) is 1. The summed E-state index contributed by atoms with van der Waals surface area (Å²) >= 11 is 0. The number of hydrogen-bond acceptors (Lipinski definition) is 3. The molecule has 0 aromatic carbocycles. The number of nitrogens with two attached hydrogens (primary N) is 1. The second kappa shape index (κ2) is 4.70. The molecule has 1 saturated heterocycles. The molecule has 3 nitrogen and oxygen atoms in total. The van der Waals surface area contributed by atoms with E-state index in [9.17, 15) is 0 Å². The number of hydrogen-bond donors (Lipinski definition) is 2. The third kappa shape index (κ3) is 2.77. The first-order valence-corrected chi connectivity index (χ1v) is 4.48. The zero-order valence-electron chi connectivity index (χ0n) is 7.34. The highest BCUT2D eigenvalue weighted by molar-refractivity contribution is 4.74. The van der Waals surface area contributed by atoms with Gasteiger partial charge in [0.15, 0.2) is 0 Å². The van der Waals surface area contributed by atoms with Gasteiger partial charge in [0.05, 0.1) is 0 Å². The molecule has 1 fully saturated rings. The van der Waals surface area contributed by atoms with Gasteiger partial charge < -0.3 is 4.90 Å². The van der Waals surface area contributed by atoms with Gasteiger partial charge in [-0.1, -0.05) is 6.42 Å². The van der Waals surface area contributed by atoms with Gasteiger partial charge in [-0.05, 0) is 32.9 Å². The Bertz CT molecular complexity index is 106. The van der Waals surface area contributed by atoms with Crippen molar-refractivity contribution in [2.24, 2.45) is 5.84 Å². The van der Waals surface area contributed by atoms with Crippen molar-refractivity contribution in [1.29, 1.82) is 0 Å². The van der Waals surface area contributed by atoms with Crippen molar-refractivity contribution in [2.75, 3.05) is 20.1 Å². The summed E-state index contributed by atoms with van der Waals surface area (Å²) in [7, 11) is 2.21. The van der Waals surface area contributed by atoms with Crippen LogP contribution in [0.3, 0.4) is 0 Å². The number of nitrogens with one attached hydrogen (secondary N) is 1. The zero-order valence-corrected chi connectivity index (χ0v) is 7.34. The first-order chi connectivity index (χ1) is 5.34. The Labute approximate surface area is 68.9 Å². The molecule has 1 aliphatic heterocycles. The normalized spacial score (nSPS) is 27.3. The van der Waals surface area contributed by atoms with Gasteiger partial charge in [-0.2, -0.15) is 0 Å². The van der Waals surface area contributed by atoms with E-state index in [4.69, 9.17) is 5.84 Å². The van der Waals surface area contributed by atoms with Gasteiger partial charge in [-0.25, -0.2) is 0 Å². The molecule has 11 heavy (non-hydrogen) atoms. The van der Waals surface area contributed by atoms with Crippen LogP contribution in [0.1, 0.15) is 25.7 Å². The molecule has 66 valence electrons. The lowest BCUT2D eigenvalue weighted by molar-refractivity contribution is 0.176. The highest BCUT2D eigenvalue weighted by Gasteiger charge is 2.17. The van der Waals surface area contributed by atoms with Gasteiger partial charge in [0.1, 0.15) is 0 Å². The van der Waals surface area contributed by atoms with Crippen molar-refractivity contribution in [2.45, 2.75) is 31.7 Å². The van der Waals surface area contributed by atoms with Crippen molar-refractivity contribution >= 4 is 0 Å². The molecule has 1 heterocycles. The molecular weight excluding hydrogens is 138 g/mol. The largest absolute Gasteiger partial charge is 0.303 e. The minimum Gasteiger partial charge on any atom is -0.303 e. The Morgan fingerprint density at radius 2 is 2.36 bits per heavy atom. The van der Waals surface area contributed by atoms with Crippen LogP contribution in [0.5, 0.6) is 0 Å². The SMILES string of the molecule is CN1CCCCC1CCNN. The van der Waals surface area contributed by atoms with E-state index in [-0.39, 0.29) is 0 Å². The second-order valence-corrected chi connectivity index (χ2v) is 3.37. The van der Waals surface area contributed by atoms with Crippen LogP contribution in [0.2, 0.25) is 0 Å². The summed E-state index contributed by atoms with van der Waals surface area (Å²) in [6.45, 7) is 2.20. The molecule has 0 aromatic heterocycles. The Morgan fingerprint density at radius 3 is 3.00 bits per heavy atom. The van der Waals surface area contributed by atoms with Crippen LogP contribution in [0.25, 0.3) is 0 Å². The van der Waals surface area contributed by atoms with Crippen molar-refractivity contribution < 1.29 is 0 Å². The molecule has 0 saturated carbocycles. The number of rotatable bonds is 3. The summed E-state index contributed by atoms with van der Waals surface area (Å²) in [5, 5.41) is 0. The first-order valence-electron chi connectivity index (χ1n) is 4.48. The van der Waals surface area contributed by atoms with Crippen LogP contribution in [-0.4, -0.2) is 31.1 Å². The average molecular weight is 157 g/mol. The third-order valence-electron chi connectivity index (χ3n) is 2.54. The Kier molecular flexibility index (Phi) is 3.83. The number of likely N-dealkylation sites (tertiary alicyclic amines) is 1. The molecular formula is C8H19N3. The maximum absolute atomic E-state index is 5.22. The monoisotopic (exact) mass is 157 g/mol. The molecule has 0 spiro atoms. The lowest BCUT2D eigenvalue weighted by atomic mass is 10.0. The standard InChI is InChI=1S/C8H19N3/c1-11-7-3-2-4-8(11)5-6-10-9/h8,10H,2-7,9H2,1H3. The third-order valence-corrected chi connectivity index (χ3v) is 2.54. The molecule has 1 atom stereocenters. The van der Waals surface area contributed by atoms with E-state index in [0.29, 0.717) is 0 Å². The Morgan fingerprint density at radius 1 is 1.55 bits per heavy atom. The van der Waals surface area contributed by atoms with Crippen molar-refractivity contribution in [3.05, 3.63) is 0 Å². The van der Waals surface area contributed by atoms with Gasteiger partial charge in [-0.3, -0.25) is 11.3 Å².